The molecule has 5 heteroatoms. The number of nitrogens with two attached hydrogens (primary N) is 1. The summed E-state index contributed by atoms with van der Waals surface area (Å²) in [4.78, 5) is 3.91. The van der Waals surface area contributed by atoms with Gasteiger partial charge in [0.1, 0.15) is 6.61 Å². The van der Waals surface area contributed by atoms with Crippen molar-refractivity contribution < 1.29 is 14.2 Å². The van der Waals surface area contributed by atoms with E-state index in [9.17, 15) is 0 Å². The van der Waals surface area contributed by atoms with Gasteiger partial charge in [-0.3, -0.25) is 0 Å². The molecule has 0 aliphatic carbocycles. The number of rotatable bonds is 8. The van der Waals surface area contributed by atoms with Crippen molar-refractivity contribution in [3.63, 3.8) is 0 Å². The first-order valence-corrected chi connectivity index (χ1v) is 5.24. The third-order valence-electron chi connectivity index (χ3n) is 1.92. The molecule has 0 amide bonds. The second-order valence-electron chi connectivity index (χ2n) is 3.19. The monoisotopic (exact) mass is 226 g/mol. The Labute approximate surface area is 95.5 Å². The third-order valence-corrected chi connectivity index (χ3v) is 1.92. The van der Waals surface area contributed by atoms with Crippen molar-refractivity contribution in [1.82, 2.24) is 4.98 Å². The van der Waals surface area contributed by atoms with E-state index in [-0.39, 0.29) is 0 Å². The molecule has 0 radical (unpaired) electrons. The fraction of sp³-hybridized carbons (Fsp3) is 0.545. The molecule has 0 saturated heterocycles. The van der Waals surface area contributed by atoms with Crippen LogP contribution >= 0.6 is 0 Å². The lowest BCUT2D eigenvalue weighted by Crippen LogP contribution is -2.09. The van der Waals surface area contributed by atoms with Crippen LogP contribution in [0.3, 0.4) is 0 Å². The molecule has 0 unspecified atom stereocenters. The smallest absolute Gasteiger partial charge is 0.166 e. The van der Waals surface area contributed by atoms with Crippen molar-refractivity contribution in [2.24, 2.45) is 0 Å². The lowest BCUT2D eigenvalue weighted by molar-refractivity contribution is 0.0807. The number of nitrogens with zero attached hydrogens (tertiary/aromatic N) is 1. The Balaban J connectivity index is 2.05. The number of pyridine rings is 1. The van der Waals surface area contributed by atoms with Crippen LogP contribution in [0.2, 0.25) is 0 Å². The van der Waals surface area contributed by atoms with Gasteiger partial charge in [0.25, 0.3) is 0 Å². The van der Waals surface area contributed by atoms with Crippen LogP contribution in [-0.2, 0) is 9.47 Å². The maximum absolute atomic E-state index is 5.61. The molecule has 1 heterocycles. The molecule has 0 aliphatic heterocycles. The molecule has 0 aliphatic rings. The van der Waals surface area contributed by atoms with Gasteiger partial charge in [0.05, 0.1) is 6.61 Å². The fourth-order valence-corrected chi connectivity index (χ4v) is 1.14. The highest BCUT2D eigenvalue weighted by molar-refractivity contribution is 5.44. The summed E-state index contributed by atoms with van der Waals surface area (Å²) < 4.78 is 15.6. The van der Waals surface area contributed by atoms with E-state index in [2.05, 4.69) is 4.98 Å². The first-order valence-electron chi connectivity index (χ1n) is 5.24. The predicted molar refractivity (Wildman–Crippen MR) is 61.5 cm³/mol. The minimum absolute atomic E-state index is 0.405. The largest absolute Gasteiger partial charge is 0.487 e. The van der Waals surface area contributed by atoms with E-state index in [1.807, 2.05) is 0 Å². The van der Waals surface area contributed by atoms with Gasteiger partial charge in [-0.15, -0.1) is 0 Å². The molecule has 0 aromatic carbocycles. The molecule has 5 nitrogen and oxygen atoms in total. The topological polar surface area (TPSA) is 66.6 Å². The molecule has 1 aromatic rings. The Bertz CT molecular complexity index is 294. The number of ether oxygens (including phenoxy) is 3. The first kappa shape index (κ1) is 12.7. The van der Waals surface area contributed by atoms with Gasteiger partial charge < -0.3 is 19.9 Å². The van der Waals surface area contributed by atoms with Crippen molar-refractivity contribution in [3.05, 3.63) is 18.3 Å². The molecular weight excluding hydrogens is 208 g/mol. The predicted octanol–water partition coefficient (Wildman–Crippen LogP) is 1.10. The number of aromatic nitrogens is 1. The fourth-order valence-electron chi connectivity index (χ4n) is 1.14. The van der Waals surface area contributed by atoms with Gasteiger partial charge in [0.2, 0.25) is 0 Å². The minimum Gasteiger partial charge on any atom is -0.487 e. The Morgan fingerprint density at radius 2 is 2.12 bits per heavy atom. The summed E-state index contributed by atoms with van der Waals surface area (Å²) in [7, 11) is 1.67. The quantitative estimate of drug-likeness (QED) is 0.672. The summed E-state index contributed by atoms with van der Waals surface area (Å²) >= 11 is 0. The lowest BCUT2D eigenvalue weighted by Gasteiger charge is -2.08. The van der Waals surface area contributed by atoms with Gasteiger partial charge in [-0.05, 0) is 18.6 Å². The van der Waals surface area contributed by atoms with E-state index < -0.39 is 0 Å². The average Bonchev–Trinajstić information content (AvgIpc) is 2.30. The van der Waals surface area contributed by atoms with Crippen LogP contribution in [0.15, 0.2) is 18.3 Å². The van der Waals surface area contributed by atoms with Gasteiger partial charge in [-0.25, -0.2) is 4.98 Å². The van der Waals surface area contributed by atoms with Crippen LogP contribution < -0.4 is 10.5 Å². The second kappa shape index (κ2) is 7.90. The number of hydrogen-bond acceptors (Lipinski definition) is 5. The summed E-state index contributed by atoms with van der Waals surface area (Å²) in [5.74, 6) is 1.00. The zero-order valence-electron chi connectivity index (χ0n) is 9.52. The molecule has 0 spiro atoms. The number of methoxy groups -OCH3 is 1. The molecule has 0 saturated carbocycles. The van der Waals surface area contributed by atoms with Gasteiger partial charge in [-0.2, -0.15) is 0 Å². The molecule has 90 valence electrons. The van der Waals surface area contributed by atoms with Gasteiger partial charge in [-0.1, -0.05) is 0 Å². The molecule has 16 heavy (non-hydrogen) atoms. The summed E-state index contributed by atoms with van der Waals surface area (Å²) in [6, 6.07) is 3.57. The van der Waals surface area contributed by atoms with E-state index in [0.29, 0.717) is 31.4 Å². The minimum atomic E-state index is 0.405. The number of hydrogen-bond donors (Lipinski definition) is 1. The SMILES string of the molecule is COCCCOCCOc1cccnc1N. The maximum Gasteiger partial charge on any atom is 0.166 e. The number of nitrogen functional groups attached to an aromatic ring is 1. The summed E-state index contributed by atoms with van der Waals surface area (Å²) in [6.45, 7) is 2.41. The van der Waals surface area contributed by atoms with Crippen LogP contribution in [0.1, 0.15) is 6.42 Å². The van der Waals surface area contributed by atoms with Crippen LogP contribution in [-0.4, -0.2) is 38.5 Å². The van der Waals surface area contributed by atoms with Crippen LogP contribution in [0.4, 0.5) is 5.82 Å². The molecule has 1 rings (SSSR count). The van der Waals surface area contributed by atoms with Crippen molar-refractivity contribution in [2.45, 2.75) is 6.42 Å². The number of anilines is 1. The standard InChI is InChI=1S/C11H18N2O3/c1-14-6-3-7-15-8-9-16-10-4-2-5-13-11(10)12/h2,4-5H,3,6-9H2,1H3,(H2,12,13). The average molecular weight is 226 g/mol. The van der Waals surface area contributed by atoms with Gasteiger partial charge >= 0.3 is 0 Å². The molecule has 0 bridgehead atoms. The van der Waals surface area contributed by atoms with E-state index in [1.54, 1.807) is 25.4 Å². The molecule has 0 atom stereocenters. The highest BCUT2D eigenvalue weighted by Gasteiger charge is 1.98. The molecule has 0 fully saturated rings. The lowest BCUT2D eigenvalue weighted by atomic mass is 10.4. The van der Waals surface area contributed by atoms with E-state index in [4.69, 9.17) is 19.9 Å². The Kier molecular flexibility index (Phi) is 6.29. The zero-order chi connectivity index (χ0) is 11.6. The molecular formula is C11H18N2O3. The van der Waals surface area contributed by atoms with E-state index >= 15 is 0 Å². The van der Waals surface area contributed by atoms with Crippen LogP contribution in [0, 0.1) is 0 Å². The van der Waals surface area contributed by atoms with E-state index in [0.717, 1.165) is 13.0 Å². The maximum atomic E-state index is 5.61. The van der Waals surface area contributed by atoms with Gasteiger partial charge in [0, 0.05) is 26.5 Å². The highest BCUT2D eigenvalue weighted by Crippen LogP contribution is 2.16. The zero-order valence-corrected chi connectivity index (χ0v) is 9.52. The van der Waals surface area contributed by atoms with Crippen LogP contribution in [0.25, 0.3) is 0 Å². The summed E-state index contributed by atoms with van der Waals surface area (Å²) in [5.41, 5.74) is 5.61. The van der Waals surface area contributed by atoms with Crippen molar-refractivity contribution in [3.8, 4) is 5.75 Å². The van der Waals surface area contributed by atoms with Crippen LogP contribution in [0.5, 0.6) is 5.75 Å². The van der Waals surface area contributed by atoms with E-state index in [1.165, 1.54) is 0 Å². The van der Waals surface area contributed by atoms with Crippen molar-refractivity contribution >= 4 is 5.82 Å². The van der Waals surface area contributed by atoms with Crippen molar-refractivity contribution in [1.29, 1.82) is 0 Å². The normalized spacial score (nSPS) is 10.3. The summed E-state index contributed by atoms with van der Waals surface area (Å²) in [6.07, 6.45) is 2.52. The second-order valence-corrected chi connectivity index (χ2v) is 3.19. The highest BCUT2D eigenvalue weighted by atomic mass is 16.5. The first-order chi connectivity index (χ1) is 7.84. The Morgan fingerprint density at radius 3 is 2.88 bits per heavy atom. The molecule has 1 aromatic heterocycles. The van der Waals surface area contributed by atoms with Gasteiger partial charge in [0.15, 0.2) is 11.6 Å². The Hall–Kier alpha value is -1.33. The third kappa shape index (κ3) is 4.95. The molecule has 2 N–H and O–H groups in total. The summed E-state index contributed by atoms with van der Waals surface area (Å²) in [5, 5.41) is 0. The Morgan fingerprint density at radius 1 is 1.25 bits per heavy atom. The van der Waals surface area contributed by atoms with Crippen molar-refractivity contribution in [2.75, 3.05) is 39.3 Å².